The van der Waals surface area contributed by atoms with Crippen LogP contribution in [0.2, 0.25) is 0 Å². The normalized spacial score (nSPS) is 20.1. The van der Waals surface area contributed by atoms with Gasteiger partial charge in [-0.05, 0) is 30.7 Å². The lowest BCUT2D eigenvalue weighted by atomic mass is 10.2. The van der Waals surface area contributed by atoms with E-state index in [0.717, 1.165) is 65.2 Å². The third-order valence-electron chi connectivity index (χ3n) is 4.98. The fourth-order valence-corrected chi connectivity index (χ4v) is 7.84. The molecule has 158 valence electrons. The minimum atomic E-state index is 0.406. The largest absolute Gasteiger partial charge is 0.370 e. The highest BCUT2D eigenvalue weighted by Gasteiger charge is 2.18. The minimum absolute atomic E-state index is 0.406. The van der Waals surface area contributed by atoms with Gasteiger partial charge in [-0.25, -0.2) is 4.98 Å². The maximum Gasteiger partial charge on any atom is 0.231 e. The van der Waals surface area contributed by atoms with E-state index in [9.17, 15) is 0 Å². The van der Waals surface area contributed by atoms with Gasteiger partial charge in [0, 0.05) is 53.5 Å². The maximum absolute atomic E-state index is 4.74. The number of aromatic nitrogens is 4. The highest BCUT2D eigenvalue weighted by molar-refractivity contribution is 8.77. The van der Waals surface area contributed by atoms with Crippen LogP contribution in [0, 0.1) is 0 Å². The average molecular weight is 478 g/mol. The molecule has 0 amide bonds. The van der Waals surface area contributed by atoms with Crippen LogP contribution < -0.4 is 15.5 Å². The van der Waals surface area contributed by atoms with Gasteiger partial charge >= 0.3 is 0 Å². The van der Waals surface area contributed by atoms with Crippen LogP contribution in [-0.2, 0) is 0 Å². The van der Waals surface area contributed by atoms with Gasteiger partial charge in [0.25, 0.3) is 0 Å². The van der Waals surface area contributed by atoms with Gasteiger partial charge in [0.1, 0.15) is 5.52 Å². The fraction of sp³-hybridized carbons (Fsp3) is 0.421. The molecule has 0 unspecified atom stereocenters. The van der Waals surface area contributed by atoms with Crippen LogP contribution in [0.15, 0.2) is 30.6 Å². The van der Waals surface area contributed by atoms with E-state index in [1.54, 1.807) is 6.33 Å². The summed E-state index contributed by atoms with van der Waals surface area (Å²) in [6, 6.07) is 8.96. The zero-order chi connectivity index (χ0) is 20.2. The zero-order valence-corrected chi connectivity index (χ0v) is 19.6. The Balaban J connectivity index is 1.33. The van der Waals surface area contributed by atoms with E-state index in [4.69, 9.17) is 4.98 Å². The summed E-state index contributed by atoms with van der Waals surface area (Å²) >= 11 is 0. The highest BCUT2D eigenvalue weighted by atomic mass is 33.1. The first-order valence-electron chi connectivity index (χ1n) is 9.94. The lowest BCUT2D eigenvalue weighted by Gasteiger charge is -2.23. The van der Waals surface area contributed by atoms with Gasteiger partial charge in [-0.1, -0.05) is 43.2 Å². The Morgan fingerprint density at radius 3 is 2.53 bits per heavy atom. The van der Waals surface area contributed by atoms with Gasteiger partial charge in [0.15, 0.2) is 11.5 Å². The van der Waals surface area contributed by atoms with Gasteiger partial charge in [-0.3, -0.25) is 0 Å². The highest BCUT2D eigenvalue weighted by Crippen LogP contribution is 2.32. The molecule has 30 heavy (non-hydrogen) atoms. The van der Waals surface area contributed by atoms with E-state index < -0.39 is 0 Å². The Kier molecular flexibility index (Phi) is 6.69. The summed E-state index contributed by atoms with van der Waals surface area (Å²) in [5.41, 5.74) is 3.77. The molecule has 3 aromatic rings. The number of aromatic amines is 1. The SMILES string of the molecule is c1nc2c(N[C@H]3CCSSC3)nc(Nc3ccc(N4CCSSCC4)cc3)nc2[nH]1. The van der Waals surface area contributed by atoms with Crippen LogP contribution in [0.4, 0.5) is 23.1 Å². The molecule has 0 bridgehead atoms. The number of rotatable bonds is 5. The van der Waals surface area contributed by atoms with Gasteiger partial charge in [-0.2, -0.15) is 9.97 Å². The molecule has 2 fully saturated rings. The molecule has 2 saturated heterocycles. The van der Waals surface area contributed by atoms with Crippen LogP contribution >= 0.6 is 43.2 Å². The van der Waals surface area contributed by atoms with E-state index in [1.165, 1.54) is 5.69 Å². The van der Waals surface area contributed by atoms with Crippen molar-refractivity contribution in [1.29, 1.82) is 0 Å². The molecule has 11 heteroatoms. The average Bonchev–Trinajstić information content (AvgIpc) is 3.08. The van der Waals surface area contributed by atoms with Crippen molar-refractivity contribution < 1.29 is 0 Å². The monoisotopic (exact) mass is 477 g/mol. The molecule has 0 saturated carbocycles. The van der Waals surface area contributed by atoms with Gasteiger partial charge < -0.3 is 20.5 Å². The number of nitrogens with one attached hydrogen (secondary N) is 3. The lowest BCUT2D eigenvalue weighted by Crippen LogP contribution is -2.26. The zero-order valence-electron chi connectivity index (χ0n) is 16.3. The molecule has 2 aliphatic heterocycles. The second-order valence-electron chi connectivity index (χ2n) is 7.03. The van der Waals surface area contributed by atoms with Crippen LogP contribution in [0.25, 0.3) is 11.2 Å². The summed E-state index contributed by atoms with van der Waals surface area (Å²) in [7, 11) is 7.77. The molecule has 1 aromatic carbocycles. The minimum Gasteiger partial charge on any atom is -0.370 e. The molecule has 1 atom stereocenters. The third kappa shape index (κ3) is 4.90. The number of imidazole rings is 1. The molecule has 7 nitrogen and oxygen atoms in total. The Morgan fingerprint density at radius 1 is 0.967 bits per heavy atom. The number of nitrogens with zero attached hydrogens (tertiary/aromatic N) is 4. The van der Waals surface area contributed by atoms with Crippen molar-refractivity contribution in [2.75, 3.05) is 51.6 Å². The Hall–Kier alpha value is -1.43. The molecular formula is C19H23N7S4. The number of fused-ring (bicyclic) bond motifs is 1. The van der Waals surface area contributed by atoms with Crippen LogP contribution in [0.5, 0.6) is 0 Å². The topological polar surface area (TPSA) is 81.8 Å². The van der Waals surface area contributed by atoms with Gasteiger partial charge in [0.05, 0.1) is 6.33 Å². The summed E-state index contributed by atoms with van der Waals surface area (Å²) in [4.78, 5) is 19.3. The third-order valence-corrected chi connectivity index (χ3v) is 9.86. The molecule has 0 spiro atoms. The molecule has 2 aromatic heterocycles. The van der Waals surface area contributed by atoms with Crippen molar-refractivity contribution in [3.63, 3.8) is 0 Å². The second-order valence-corrected chi connectivity index (χ2v) is 12.4. The molecule has 2 aliphatic rings. The first kappa shape index (κ1) is 20.5. The van der Waals surface area contributed by atoms with E-state index in [-0.39, 0.29) is 0 Å². The Morgan fingerprint density at radius 2 is 1.77 bits per heavy atom. The van der Waals surface area contributed by atoms with Gasteiger partial charge in [0.2, 0.25) is 5.95 Å². The predicted octanol–water partition coefficient (Wildman–Crippen LogP) is 4.86. The summed E-state index contributed by atoms with van der Waals surface area (Å²) in [5.74, 6) is 5.91. The number of benzene rings is 1. The van der Waals surface area contributed by atoms with E-state index in [1.807, 2.05) is 43.2 Å². The lowest BCUT2D eigenvalue weighted by molar-refractivity contribution is 0.776. The number of anilines is 4. The first-order valence-corrected chi connectivity index (χ1v) is 14.9. The molecule has 4 heterocycles. The molecule has 3 N–H and O–H groups in total. The van der Waals surface area contributed by atoms with Crippen molar-refractivity contribution in [2.45, 2.75) is 12.5 Å². The fourth-order valence-electron chi connectivity index (χ4n) is 3.43. The second kappa shape index (κ2) is 9.80. The van der Waals surface area contributed by atoms with Crippen molar-refractivity contribution in [1.82, 2.24) is 19.9 Å². The summed E-state index contributed by atoms with van der Waals surface area (Å²) < 4.78 is 0. The number of hydrogen-bond acceptors (Lipinski definition) is 10. The standard InChI is InChI=1S/C19H23N7S4/c1-3-15(26-6-9-28-29-10-7-26)4-2-13(1)23-19-24-17-16(20-12-21-17)18(25-19)22-14-5-8-27-30-11-14/h1-4,12,14H,5-11H2,(H3,20,21,22,23,24,25)/t14-/m0/s1. The van der Waals surface area contributed by atoms with Crippen LogP contribution in [-0.4, -0.2) is 62.1 Å². The summed E-state index contributed by atoms with van der Waals surface area (Å²) in [5, 5.41) is 6.94. The quantitative estimate of drug-likeness (QED) is 0.443. The summed E-state index contributed by atoms with van der Waals surface area (Å²) in [6.45, 7) is 2.19. The summed E-state index contributed by atoms with van der Waals surface area (Å²) in [6.07, 6.45) is 2.80. The van der Waals surface area contributed by atoms with Crippen LogP contribution in [0.1, 0.15) is 6.42 Å². The first-order chi connectivity index (χ1) is 14.8. The molecule has 5 rings (SSSR count). The number of hydrogen-bond donors (Lipinski definition) is 3. The van der Waals surface area contributed by atoms with Crippen molar-refractivity contribution >= 4 is 77.5 Å². The maximum atomic E-state index is 4.74. The van der Waals surface area contributed by atoms with Gasteiger partial charge in [-0.15, -0.1) is 0 Å². The Bertz CT molecular complexity index is 967. The smallest absolute Gasteiger partial charge is 0.231 e. The van der Waals surface area contributed by atoms with Crippen molar-refractivity contribution in [3.8, 4) is 0 Å². The van der Waals surface area contributed by atoms with E-state index >= 15 is 0 Å². The van der Waals surface area contributed by atoms with Crippen molar-refractivity contribution in [2.24, 2.45) is 0 Å². The van der Waals surface area contributed by atoms with Crippen LogP contribution in [0.3, 0.4) is 0 Å². The molecule has 0 radical (unpaired) electrons. The number of H-pyrrole nitrogens is 1. The molecular weight excluding hydrogens is 455 g/mol. The van der Waals surface area contributed by atoms with Crippen molar-refractivity contribution in [3.05, 3.63) is 30.6 Å². The van der Waals surface area contributed by atoms with E-state index in [0.29, 0.717) is 12.0 Å². The van der Waals surface area contributed by atoms with E-state index in [2.05, 4.69) is 54.8 Å². The molecule has 0 aliphatic carbocycles. The predicted molar refractivity (Wildman–Crippen MR) is 135 cm³/mol. The Labute approximate surface area is 191 Å².